The number of aryl methyl sites for hydroxylation is 4. The molecule has 1 aromatic carbocycles. The third-order valence-corrected chi connectivity index (χ3v) is 6.80. The van der Waals surface area contributed by atoms with Gasteiger partial charge in [0.05, 0.1) is 11.8 Å². The molecule has 1 aliphatic rings. The number of carbonyl (C=O) groups is 1. The van der Waals surface area contributed by atoms with Crippen molar-refractivity contribution < 1.29 is 9.53 Å². The van der Waals surface area contributed by atoms with Crippen LogP contribution in [0.5, 0.6) is 0 Å². The molecule has 1 heterocycles. The Morgan fingerprint density at radius 3 is 1.78 bits per heavy atom. The molecule has 0 amide bonds. The zero-order valence-corrected chi connectivity index (χ0v) is 29.4. The van der Waals surface area contributed by atoms with Gasteiger partial charge in [0, 0.05) is 20.6 Å². The zero-order chi connectivity index (χ0) is 32.5. The first-order valence-corrected chi connectivity index (χ1v) is 15.4. The second kappa shape index (κ2) is 26.2. The lowest BCUT2D eigenvalue weighted by Crippen LogP contribution is -2.12. The maximum atomic E-state index is 9.87. The molecule has 0 bridgehead atoms. The van der Waals surface area contributed by atoms with Crippen molar-refractivity contribution in [2.75, 3.05) is 13.7 Å². The van der Waals surface area contributed by atoms with E-state index in [1.165, 1.54) is 46.7 Å². The smallest absolute Gasteiger partial charge is 0.202 e. The average Bonchev–Trinajstić information content (AvgIpc) is 2.96. The summed E-state index contributed by atoms with van der Waals surface area (Å²) in [5, 5.41) is 0. The van der Waals surface area contributed by atoms with Gasteiger partial charge in [-0.25, -0.2) is 0 Å². The number of ether oxygens (including phenoxy) is 1. The fourth-order valence-electron chi connectivity index (χ4n) is 3.25. The van der Waals surface area contributed by atoms with Gasteiger partial charge in [-0.2, -0.15) is 0 Å². The molecule has 3 nitrogen and oxygen atoms in total. The second-order valence-electron chi connectivity index (χ2n) is 10.5. The Balaban J connectivity index is -0.000000510. The van der Waals surface area contributed by atoms with E-state index in [-0.39, 0.29) is 5.78 Å². The van der Waals surface area contributed by atoms with E-state index in [2.05, 4.69) is 123 Å². The summed E-state index contributed by atoms with van der Waals surface area (Å²) in [6, 6.07) is 4.48. The SMILES string of the molecule is C=C(/C=C\C1=NCCC=C1C(C)CC)C(C)C.CC.CC#CC(C)=O.CCC(C)OC.Cc1cc(C)c(C)cc1C. The number of allylic oxidation sites excluding steroid dienone is 4. The van der Waals surface area contributed by atoms with Crippen LogP contribution < -0.4 is 0 Å². The Labute approximate surface area is 255 Å². The number of ketones is 1. The topological polar surface area (TPSA) is 38.7 Å². The average molecular weight is 566 g/mol. The van der Waals surface area contributed by atoms with Gasteiger partial charge in [-0.15, -0.1) is 0 Å². The molecule has 0 radical (unpaired) electrons. The van der Waals surface area contributed by atoms with E-state index in [9.17, 15) is 4.79 Å². The first kappa shape index (κ1) is 42.8. The van der Waals surface area contributed by atoms with Crippen LogP contribution in [-0.4, -0.2) is 31.3 Å². The Morgan fingerprint density at radius 2 is 1.49 bits per heavy atom. The predicted octanol–water partition coefficient (Wildman–Crippen LogP) is 10.5. The minimum Gasteiger partial charge on any atom is -0.382 e. The quantitative estimate of drug-likeness (QED) is 0.187. The number of nitrogens with zero attached hydrogens (tertiary/aromatic N) is 1. The van der Waals surface area contributed by atoms with Gasteiger partial charge < -0.3 is 4.74 Å². The van der Waals surface area contributed by atoms with Crippen molar-refractivity contribution in [3.05, 3.63) is 70.3 Å². The highest BCUT2D eigenvalue weighted by Gasteiger charge is 2.13. The molecule has 0 N–H and O–H groups in total. The van der Waals surface area contributed by atoms with Gasteiger partial charge in [0.1, 0.15) is 0 Å². The molecule has 0 aromatic heterocycles. The van der Waals surface area contributed by atoms with E-state index in [4.69, 9.17) is 4.74 Å². The molecule has 0 saturated heterocycles. The molecule has 2 rings (SSSR count). The van der Waals surface area contributed by atoms with Crippen molar-refractivity contribution in [2.45, 2.75) is 122 Å². The van der Waals surface area contributed by atoms with Gasteiger partial charge in [0.15, 0.2) is 0 Å². The highest BCUT2D eigenvalue weighted by atomic mass is 16.5. The third kappa shape index (κ3) is 21.7. The van der Waals surface area contributed by atoms with Gasteiger partial charge >= 0.3 is 0 Å². The fraction of sp³-hybridized carbons (Fsp3) is 0.579. The van der Waals surface area contributed by atoms with Crippen molar-refractivity contribution in [1.29, 1.82) is 0 Å². The molecule has 1 aromatic rings. The Morgan fingerprint density at radius 1 is 1.00 bits per heavy atom. The minimum atomic E-state index is -0.0718. The molecule has 0 fully saturated rings. The molecule has 2 unspecified atom stereocenters. The summed E-state index contributed by atoms with van der Waals surface area (Å²) < 4.78 is 4.90. The molecule has 0 aliphatic carbocycles. The first-order valence-electron chi connectivity index (χ1n) is 15.4. The number of carbonyl (C=O) groups excluding carboxylic acids is 1. The largest absolute Gasteiger partial charge is 0.382 e. The Kier molecular flexibility index (Phi) is 27.3. The third-order valence-electron chi connectivity index (χ3n) is 6.80. The van der Waals surface area contributed by atoms with E-state index >= 15 is 0 Å². The summed E-state index contributed by atoms with van der Waals surface area (Å²) in [5.41, 5.74) is 9.30. The number of benzene rings is 1. The van der Waals surface area contributed by atoms with Crippen LogP contribution in [-0.2, 0) is 9.53 Å². The second-order valence-corrected chi connectivity index (χ2v) is 10.5. The fourth-order valence-corrected chi connectivity index (χ4v) is 3.25. The van der Waals surface area contributed by atoms with Crippen LogP contribution in [0.4, 0.5) is 0 Å². The first-order chi connectivity index (χ1) is 19.2. The van der Waals surface area contributed by atoms with E-state index in [1.54, 1.807) is 14.0 Å². The van der Waals surface area contributed by atoms with E-state index in [1.807, 2.05) is 13.8 Å². The number of aliphatic imine (C=N–C) groups is 1. The van der Waals surface area contributed by atoms with Crippen molar-refractivity contribution in [1.82, 2.24) is 0 Å². The van der Waals surface area contributed by atoms with Gasteiger partial charge in [-0.1, -0.05) is 90.8 Å². The molecule has 1 aliphatic heterocycles. The van der Waals surface area contributed by atoms with E-state index in [0.717, 1.165) is 25.1 Å². The Bertz CT molecular complexity index is 974. The molecular weight excluding hydrogens is 502 g/mol. The van der Waals surface area contributed by atoms with Gasteiger partial charge in [-0.3, -0.25) is 9.79 Å². The molecule has 41 heavy (non-hydrogen) atoms. The van der Waals surface area contributed by atoms with Crippen LogP contribution in [0.1, 0.15) is 111 Å². The molecule has 0 saturated carbocycles. The minimum absolute atomic E-state index is 0.0718. The van der Waals surface area contributed by atoms with Crippen LogP contribution in [0.25, 0.3) is 0 Å². The highest BCUT2D eigenvalue weighted by molar-refractivity contribution is 6.09. The molecule has 3 heteroatoms. The predicted molar refractivity (Wildman–Crippen MR) is 185 cm³/mol. The normalized spacial score (nSPS) is 13.1. The van der Waals surface area contributed by atoms with E-state index in [0.29, 0.717) is 17.9 Å². The van der Waals surface area contributed by atoms with Crippen molar-refractivity contribution in [2.24, 2.45) is 16.8 Å². The molecule has 2 atom stereocenters. The summed E-state index contributed by atoms with van der Waals surface area (Å²) in [4.78, 5) is 14.5. The maximum absolute atomic E-state index is 9.87. The summed E-state index contributed by atoms with van der Waals surface area (Å²) >= 11 is 0. The highest BCUT2D eigenvalue weighted by Crippen LogP contribution is 2.21. The Hall–Kier alpha value is -2.70. The van der Waals surface area contributed by atoms with Crippen molar-refractivity contribution in [3.8, 4) is 11.8 Å². The number of rotatable bonds is 7. The lowest BCUT2D eigenvalue weighted by Gasteiger charge is -2.18. The maximum Gasteiger partial charge on any atom is 0.202 e. The van der Waals surface area contributed by atoms with Crippen LogP contribution >= 0.6 is 0 Å². The number of hydrogen-bond donors (Lipinski definition) is 0. The number of hydrogen-bond acceptors (Lipinski definition) is 3. The van der Waals surface area contributed by atoms with E-state index < -0.39 is 0 Å². The summed E-state index contributed by atoms with van der Waals surface area (Å²) in [7, 11) is 1.73. The molecular formula is C38H63NO2. The lowest BCUT2D eigenvalue weighted by atomic mass is 9.91. The van der Waals surface area contributed by atoms with Crippen LogP contribution in [0.15, 0.2) is 53.1 Å². The summed E-state index contributed by atoms with van der Waals surface area (Å²) in [6.45, 7) is 33.7. The van der Waals surface area contributed by atoms with Gasteiger partial charge in [0.25, 0.3) is 0 Å². The van der Waals surface area contributed by atoms with Crippen molar-refractivity contribution in [3.63, 3.8) is 0 Å². The van der Waals surface area contributed by atoms with Crippen molar-refractivity contribution >= 4 is 11.5 Å². The summed E-state index contributed by atoms with van der Waals surface area (Å²) in [6.07, 6.45) is 10.4. The summed E-state index contributed by atoms with van der Waals surface area (Å²) in [5.74, 6) is 5.82. The zero-order valence-electron chi connectivity index (χ0n) is 29.4. The lowest BCUT2D eigenvalue weighted by molar-refractivity contribution is -0.111. The number of dihydropyridines is 1. The van der Waals surface area contributed by atoms with Crippen LogP contribution in [0.2, 0.25) is 0 Å². The molecule has 0 spiro atoms. The monoisotopic (exact) mass is 565 g/mol. The van der Waals surface area contributed by atoms with Crippen LogP contribution in [0.3, 0.4) is 0 Å². The van der Waals surface area contributed by atoms with Crippen LogP contribution in [0, 0.1) is 51.4 Å². The standard InChI is InChI=1S/C16H25N.C10H14.C5H12O.C5H6O.C2H6/c1-6-13(4)15-8-7-11-17-16(15)10-9-14(5)12(2)3;1-7-5-9(3)10(4)6-8(7)2;1-4-5(2)6-3;1-3-4-5(2)6;1-2/h8-10,12-13H,5-7,11H2,1-4H3;5-6H,1-4H3;5H,4H2,1-3H3;1-2H3;1-2H3/b10-9-;;;;. The number of methoxy groups -OCH3 is 1. The van der Waals surface area contributed by atoms with Gasteiger partial charge in [0.2, 0.25) is 5.78 Å². The van der Waals surface area contributed by atoms with Gasteiger partial charge in [-0.05, 0) is 112 Å². The molecule has 232 valence electrons. The number of Topliss-reactive ketones (excluding diaryl/α,β-unsaturated/α-hetero) is 1.